The van der Waals surface area contributed by atoms with E-state index < -0.39 is 0 Å². The van der Waals surface area contributed by atoms with E-state index in [4.69, 9.17) is 4.74 Å². The average Bonchev–Trinajstić information content (AvgIpc) is 2.70. The Bertz CT molecular complexity index is 356. The molecule has 0 radical (unpaired) electrons. The van der Waals surface area contributed by atoms with Crippen LogP contribution in [-0.2, 0) is 9.53 Å². The lowest BCUT2D eigenvalue weighted by atomic mass is 10.2. The van der Waals surface area contributed by atoms with Crippen molar-refractivity contribution in [3.8, 4) is 0 Å². The van der Waals surface area contributed by atoms with E-state index >= 15 is 0 Å². The van der Waals surface area contributed by atoms with E-state index in [0.29, 0.717) is 6.61 Å². The summed E-state index contributed by atoms with van der Waals surface area (Å²) >= 11 is 0. The number of carbonyl (C=O) groups excluding carboxylic acids is 1. The zero-order valence-corrected chi connectivity index (χ0v) is 8.82. The van der Waals surface area contributed by atoms with Gasteiger partial charge in [-0.25, -0.2) is 0 Å². The standard InChI is InChI=1S/C12H15NO2/c1-9-4-2-5-10(8-9)13-12(14)11-6-3-7-15-11/h2,4-5,8,11H,3,6-7H2,1H3,(H,13,14). The van der Waals surface area contributed by atoms with Crippen LogP contribution in [0.25, 0.3) is 0 Å². The van der Waals surface area contributed by atoms with Crippen molar-refractivity contribution in [3.63, 3.8) is 0 Å². The van der Waals surface area contributed by atoms with Crippen LogP contribution < -0.4 is 5.32 Å². The third-order valence-electron chi connectivity index (χ3n) is 2.51. The summed E-state index contributed by atoms with van der Waals surface area (Å²) in [6, 6.07) is 7.77. The van der Waals surface area contributed by atoms with Gasteiger partial charge in [0.2, 0.25) is 0 Å². The van der Waals surface area contributed by atoms with Crippen molar-refractivity contribution in [2.24, 2.45) is 0 Å². The van der Waals surface area contributed by atoms with E-state index in [9.17, 15) is 4.79 Å². The molecule has 0 aromatic heterocycles. The molecule has 1 N–H and O–H groups in total. The summed E-state index contributed by atoms with van der Waals surface area (Å²) in [6.45, 7) is 2.70. The van der Waals surface area contributed by atoms with Gasteiger partial charge in [0.05, 0.1) is 0 Å². The van der Waals surface area contributed by atoms with Gasteiger partial charge < -0.3 is 10.1 Å². The second-order valence-corrected chi connectivity index (χ2v) is 3.86. The predicted octanol–water partition coefficient (Wildman–Crippen LogP) is 2.11. The van der Waals surface area contributed by atoms with Crippen LogP contribution in [0.5, 0.6) is 0 Å². The molecular formula is C12H15NO2. The number of amides is 1. The molecule has 1 aromatic rings. The van der Waals surface area contributed by atoms with Gasteiger partial charge in [-0.05, 0) is 37.5 Å². The molecule has 0 spiro atoms. The maximum absolute atomic E-state index is 11.7. The molecule has 1 heterocycles. The van der Waals surface area contributed by atoms with Crippen molar-refractivity contribution < 1.29 is 9.53 Å². The summed E-state index contributed by atoms with van der Waals surface area (Å²) in [6.07, 6.45) is 1.55. The van der Waals surface area contributed by atoms with Gasteiger partial charge in [-0.1, -0.05) is 12.1 Å². The Morgan fingerprint density at radius 1 is 1.53 bits per heavy atom. The number of hydrogen-bond donors (Lipinski definition) is 1. The molecular weight excluding hydrogens is 190 g/mol. The molecule has 3 nitrogen and oxygen atoms in total. The second-order valence-electron chi connectivity index (χ2n) is 3.86. The first kappa shape index (κ1) is 10.2. The first-order chi connectivity index (χ1) is 7.25. The Hall–Kier alpha value is -1.35. The van der Waals surface area contributed by atoms with Crippen LogP contribution in [0.4, 0.5) is 5.69 Å². The molecule has 2 rings (SSSR count). The number of nitrogens with one attached hydrogen (secondary N) is 1. The fraction of sp³-hybridized carbons (Fsp3) is 0.417. The highest BCUT2D eigenvalue weighted by Gasteiger charge is 2.23. The summed E-state index contributed by atoms with van der Waals surface area (Å²) in [5.74, 6) is -0.0295. The average molecular weight is 205 g/mol. The molecule has 1 saturated heterocycles. The summed E-state index contributed by atoms with van der Waals surface area (Å²) < 4.78 is 5.31. The van der Waals surface area contributed by atoms with Gasteiger partial charge in [0.25, 0.3) is 5.91 Å². The third-order valence-corrected chi connectivity index (χ3v) is 2.51. The molecule has 1 aromatic carbocycles. The molecule has 1 atom stereocenters. The van der Waals surface area contributed by atoms with Crippen molar-refractivity contribution in [1.82, 2.24) is 0 Å². The summed E-state index contributed by atoms with van der Waals surface area (Å²) in [5.41, 5.74) is 1.98. The molecule has 1 amide bonds. The van der Waals surface area contributed by atoms with Gasteiger partial charge in [-0.15, -0.1) is 0 Å². The fourth-order valence-corrected chi connectivity index (χ4v) is 1.73. The highest BCUT2D eigenvalue weighted by molar-refractivity contribution is 5.94. The van der Waals surface area contributed by atoms with Crippen LogP contribution in [0.15, 0.2) is 24.3 Å². The molecule has 1 fully saturated rings. The van der Waals surface area contributed by atoms with E-state index in [1.165, 1.54) is 0 Å². The molecule has 1 aliphatic rings. The van der Waals surface area contributed by atoms with Crippen LogP contribution in [0.3, 0.4) is 0 Å². The van der Waals surface area contributed by atoms with Gasteiger partial charge in [0, 0.05) is 12.3 Å². The monoisotopic (exact) mass is 205 g/mol. The number of ether oxygens (including phenoxy) is 1. The summed E-state index contributed by atoms with van der Waals surface area (Å²) in [5, 5.41) is 2.86. The number of aryl methyl sites for hydroxylation is 1. The zero-order chi connectivity index (χ0) is 10.7. The predicted molar refractivity (Wildman–Crippen MR) is 58.8 cm³/mol. The minimum absolute atomic E-state index is 0.0295. The smallest absolute Gasteiger partial charge is 0.253 e. The molecule has 1 aliphatic heterocycles. The van der Waals surface area contributed by atoms with E-state index in [0.717, 1.165) is 24.1 Å². The number of rotatable bonds is 2. The molecule has 1 unspecified atom stereocenters. The normalized spacial score (nSPS) is 20.2. The van der Waals surface area contributed by atoms with Crippen molar-refractivity contribution in [3.05, 3.63) is 29.8 Å². The number of benzene rings is 1. The lowest BCUT2D eigenvalue weighted by Crippen LogP contribution is -2.26. The van der Waals surface area contributed by atoms with Crippen molar-refractivity contribution in [2.45, 2.75) is 25.9 Å². The second kappa shape index (κ2) is 4.45. The van der Waals surface area contributed by atoms with Crippen molar-refractivity contribution in [2.75, 3.05) is 11.9 Å². The van der Waals surface area contributed by atoms with Crippen molar-refractivity contribution >= 4 is 11.6 Å². The Kier molecular flexibility index (Phi) is 3.02. The minimum atomic E-state index is -0.259. The SMILES string of the molecule is Cc1cccc(NC(=O)C2CCCO2)c1. The van der Waals surface area contributed by atoms with E-state index in [2.05, 4.69) is 5.32 Å². The molecule has 0 aliphatic carbocycles. The van der Waals surface area contributed by atoms with Crippen LogP contribution in [-0.4, -0.2) is 18.6 Å². The lowest BCUT2D eigenvalue weighted by Gasteiger charge is -2.10. The number of hydrogen-bond acceptors (Lipinski definition) is 2. The Labute approximate surface area is 89.4 Å². The molecule has 3 heteroatoms. The summed E-state index contributed by atoms with van der Waals surface area (Å²) in [7, 11) is 0. The van der Waals surface area contributed by atoms with Gasteiger partial charge in [0.15, 0.2) is 0 Å². The fourth-order valence-electron chi connectivity index (χ4n) is 1.73. The number of anilines is 1. The summed E-state index contributed by atoms with van der Waals surface area (Å²) in [4.78, 5) is 11.7. The van der Waals surface area contributed by atoms with Crippen molar-refractivity contribution in [1.29, 1.82) is 0 Å². The van der Waals surface area contributed by atoms with Gasteiger partial charge >= 0.3 is 0 Å². The largest absolute Gasteiger partial charge is 0.368 e. The molecule has 80 valence electrons. The quantitative estimate of drug-likeness (QED) is 0.803. The maximum Gasteiger partial charge on any atom is 0.253 e. The molecule has 15 heavy (non-hydrogen) atoms. The first-order valence-corrected chi connectivity index (χ1v) is 5.25. The van der Waals surface area contributed by atoms with Crippen LogP contribution >= 0.6 is 0 Å². The van der Waals surface area contributed by atoms with Gasteiger partial charge in [-0.3, -0.25) is 4.79 Å². The third kappa shape index (κ3) is 2.57. The van der Waals surface area contributed by atoms with Gasteiger partial charge in [-0.2, -0.15) is 0 Å². The van der Waals surface area contributed by atoms with Gasteiger partial charge in [0.1, 0.15) is 6.10 Å². The molecule has 0 saturated carbocycles. The topological polar surface area (TPSA) is 38.3 Å². The maximum atomic E-state index is 11.7. The Morgan fingerprint density at radius 3 is 3.07 bits per heavy atom. The zero-order valence-electron chi connectivity index (χ0n) is 8.82. The van der Waals surface area contributed by atoms with E-state index in [1.807, 2.05) is 31.2 Å². The number of carbonyl (C=O) groups is 1. The lowest BCUT2D eigenvalue weighted by molar-refractivity contribution is -0.124. The molecule has 0 bridgehead atoms. The van der Waals surface area contributed by atoms with Crippen LogP contribution in [0, 0.1) is 6.92 Å². The van der Waals surface area contributed by atoms with Crippen LogP contribution in [0.1, 0.15) is 18.4 Å². The van der Waals surface area contributed by atoms with E-state index in [-0.39, 0.29) is 12.0 Å². The van der Waals surface area contributed by atoms with E-state index in [1.54, 1.807) is 0 Å². The highest BCUT2D eigenvalue weighted by atomic mass is 16.5. The Balaban J connectivity index is 1.99. The minimum Gasteiger partial charge on any atom is -0.368 e. The first-order valence-electron chi connectivity index (χ1n) is 5.25. The highest BCUT2D eigenvalue weighted by Crippen LogP contribution is 2.15. The Morgan fingerprint density at radius 2 is 2.40 bits per heavy atom. The van der Waals surface area contributed by atoms with Crippen LogP contribution in [0.2, 0.25) is 0 Å².